The molecular weight excluding hydrogens is 206 g/mol. The zero-order valence-electron chi connectivity index (χ0n) is 8.18. The fraction of sp³-hybridized carbons (Fsp3) is 0.0909. The van der Waals surface area contributed by atoms with E-state index in [0.29, 0.717) is 0 Å². The number of hydrogen-bond acceptors (Lipinski definition) is 4. The van der Waals surface area contributed by atoms with Gasteiger partial charge in [0.25, 0.3) is 0 Å². The number of nitrogens with zero attached hydrogens (tertiary/aromatic N) is 2. The summed E-state index contributed by atoms with van der Waals surface area (Å²) < 4.78 is 0. The van der Waals surface area contributed by atoms with Crippen LogP contribution >= 0.6 is 11.3 Å². The first-order chi connectivity index (χ1) is 7.40. The Morgan fingerprint density at radius 2 is 2.33 bits per heavy atom. The van der Waals surface area contributed by atoms with Crippen molar-refractivity contribution in [2.75, 3.05) is 11.9 Å². The number of pyridine rings is 1. The minimum Gasteiger partial charge on any atom is -0.358 e. The highest BCUT2D eigenvalue weighted by Gasteiger charge is 2.03. The largest absolute Gasteiger partial charge is 0.358 e. The molecule has 0 amide bonds. The Morgan fingerprint density at radius 1 is 1.40 bits per heavy atom. The van der Waals surface area contributed by atoms with Crippen molar-refractivity contribution in [2.45, 2.75) is 0 Å². The highest BCUT2D eigenvalue weighted by Crippen LogP contribution is 2.22. The molecule has 0 spiro atoms. The molecule has 0 radical (unpaired) electrons. The van der Waals surface area contributed by atoms with Gasteiger partial charge in [0.2, 0.25) is 0 Å². The molecule has 0 saturated heterocycles. The van der Waals surface area contributed by atoms with E-state index in [-0.39, 0.29) is 0 Å². The molecule has 2 rings (SSSR count). The molecule has 0 unspecified atom stereocenters. The van der Waals surface area contributed by atoms with Crippen molar-refractivity contribution < 1.29 is 0 Å². The Labute approximate surface area is 92.5 Å². The summed E-state index contributed by atoms with van der Waals surface area (Å²) in [6.45, 7) is 4.37. The summed E-state index contributed by atoms with van der Waals surface area (Å²) in [4.78, 5) is 8.65. The molecule has 0 bridgehead atoms. The van der Waals surface area contributed by atoms with E-state index in [1.165, 1.54) is 0 Å². The second-order valence-corrected chi connectivity index (χ2v) is 3.78. The van der Waals surface area contributed by atoms with Crippen molar-refractivity contribution in [1.29, 1.82) is 0 Å². The first-order valence-electron chi connectivity index (χ1n) is 4.62. The van der Waals surface area contributed by atoms with Crippen LogP contribution in [0.2, 0.25) is 0 Å². The fourth-order valence-corrected chi connectivity index (χ4v) is 1.86. The van der Waals surface area contributed by atoms with Gasteiger partial charge in [-0.25, -0.2) is 4.98 Å². The third-order valence-corrected chi connectivity index (χ3v) is 2.63. The van der Waals surface area contributed by atoms with Crippen LogP contribution in [-0.2, 0) is 0 Å². The first kappa shape index (κ1) is 9.86. The van der Waals surface area contributed by atoms with E-state index in [1.54, 1.807) is 17.5 Å². The Bertz CT molecular complexity index is 436. The summed E-state index contributed by atoms with van der Waals surface area (Å²) >= 11 is 1.57. The van der Waals surface area contributed by atoms with E-state index in [2.05, 4.69) is 21.9 Å². The molecule has 0 aliphatic rings. The summed E-state index contributed by atoms with van der Waals surface area (Å²) in [7, 11) is 0. The second kappa shape index (κ2) is 4.70. The Morgan fingerprint density at radius 3 is 3.07 bits per heavy atom. The van der Waals surface area contributed by atoms with Crippen molar-refractivity contribution in [3.63, 3.8) is 0 Å². The van der Waals surface area contributed by atoms with Gasteiger partial charge in [-0.2, -0.15) is 0 Å². The van der Waals surface area contributed by atoms with E-state index in [0.717, 1.165) is 23.1 Å². The van der Waals surface area contributed by atoms with Gasteiger partial charge in [-0.15, -0.1) is 17.9 Å². The molecule has 76 valence electrons. The topological polar surface area (TPSA) is 37.8 Å². The molecule has 0 saturated carbocycles. The number of thiazole rings is 1. The normalized spacial score (nSPS) is 9.87. The molecule has 1 N–H and O–H groups in total. The summed E-state index contributed by atoms with van der Waals surface area (Å²) in [6, 6.07) is 5.80. The minimum absolute atomic E-state index is 0.731. The van der Waals surface area contributed by atoms with Crippen LogP contribution in [0, 0.1) is 0 Å². The van der Waals surface area contributed by atoms with Crippen LogP contribution in [0.5, 0.6) is 0 Å². The van der Waals surface area contributed by atoms with Crippen LogP contribution in [0.4, 0.5) is 5.13 Å². The van der Waals surface area contributed by atoms with Gasteiger partial charge in [0.05, 0.1) is 5.69 Å². The van der Waals surface area contributed by atoms with Crippen molar-refractivity contribution in [3.8, 4) is 11.4 Å². The van der Waals surface area contributed by atoms with Crippen LogP contribution in [-0.4, -0.2) is 16.5 Å². The third kappa shape index (κ3) is 2.41. The van der Waals surface area contributed by atoms with Gasteiger partial charge in [0.15, 0.2) is 5.13 Å². The molecule has 0 aromatic carbocycles. The molecule has 3 nitrogen and oxygen atoms in total. The lowest BCUT2D eigenvalue weighted by molar-refractivity contribution is 1.25. The van der Waals surface area contributed by atoms with Crippen molar-refractivity contribution in [3.05, 3.63) is 42.4 Å². The quantitative estimate of drug-likeness (QED) is 0.800. The maximum absolute atomic E-state index is 4.42. The lowest BCUT2D eigenvalue weighted by Gasteiger charge is -1.95. The molecule has 0 fully saturated rings. The smallest absolute Gasteiger partial charge is 0.183 e. The molecule has 2 heterocycles. The van der Waals surface area contributed by atoms with Crippen LogP contribution in [0.3, 0.4) is 0 Å². The fourth-order valence-electron chi connectivity index (χ4n) is 1.15. The van der Waals surface area contributed by atoms with Crippen LogP contribution in [0.15, 0.2) is 42.4 Å². The zero-order valence-corrected chi connectivity index (χ0v) is 9.00. The predicted octanol–water partition coefficient (Wildman–Crippen LogP) is 2.80. The summed E-state index contributed by atoms with van der Waals surface area (Å²) in [5.74, 6) is 0. The number of rotatable bonds is 4. The summed E-state index contributed by atoms with van der Waals surface area (Å²) in [5, 5.41) is 6.04. The maximum atomic E-state index is 4.42. The molecule has 4 heteroatoms. The lowest BCUT2D eigenvalue weighted by atomic mass is 10.3. The highest BCUT2D eigenvalue weighted by molar-refractivity contribution is 7.14. The SMILES string of the molecule is C=CCNc1nc(-c2ccccn2)cs1. The van der Waals surface area contributed by atoms with Crippen LogP contribution < -0.4 is 5.32 Å². The average molecular weight is 217 g/mol. The van der Waals surface area contributed by atoms with E-state index < -0.39 is 0 Å². The van der Waals surface area contributed by atoms with Gasteiger partial charge in [-0.1, -0.05) is 12.1 Å². The van der Waals surface area contributed by atoms with Gasteiger partial charge in [0, 0.05) is 18.1 Å². The van der Waals surface area contributed by atoms with Gasteiger partial charge in [0.1, 0.15) is 5.69 Å². The highest BCUT2D eigenvalue weighted by atomic mass is 32.1. The first-order valence-corrected chi connectivity index (χ1v) is 5.50. The zero-order chi connectivity index (χ0) is 10.5. The van der Waals surface area contributed by atoms with Crippen molar-refractivity contribution >= 4 is 16.5 Å². The predicted molar refractivity (Wildman–Crippen MR) is 64.0 cm³/mol. The summed E-state index contributed by atoms with van der Waals surface area (Å²) in [6.07, 6.45) is 3.58. The Kier molecular flexibility index (Phi) is 3.09. The summed E-state index contributed by atoms with van der Waals surface area (Å²) in [5.41, 5.74) is 1.81. The van der Waals surface area contributed by atoms with Crippen LogP contribution in [0.1, 0.15) is 0 Å². The second-order valence-electron chi connectivity index (χ2n) is 2.92. The van der Waals surface area contributed by atoms with E-state index in [9.17, 15) is 0 Å². The number of aromatic nitrogens is 2. The molecule has 0 aliphatic carbocycles. The minimum atomic E-state index is 0.731. The molecule has 2 aromatic heterocycles. The van der Waals surface area contributed by atoms with Crippen LogP contribution in [0.25, 0.3) is 11.4 Å². The van der Waals surface area contributed by atoms with Gasteiger partial charge < -0.3 is 5.32 Å². The number of hydrogen-bond donors (Lipinski definition) is 1. The molecular formula is C11H11N3S. The monoisotopic (exact) mass is 217 g/mol. The molecule has 15 heavy (non-hydrogen) atoms. The average Bonchev–Trinajstić information content (AvgIpc) is 2.76. The van der Waals surface area contributed by atoms with Gasteiger partial charge >= 0.3 is 0 Å². The lowest BCUT2D eigenvalue weighted by Crippen LogP contribution is -1.96. The molecule has 2 aromatic rings. The maximum Gasteiger partial charge on any atom is 0.183 e. The van der Waals surface area contributed by atoms with E-state index in [4.69, 9.17) is 0 Å². The molecule has 0 atom stereocenters. The standard InChI is InChI=1S/C11H11N3S/c1-2-6-13-11-14-10(8-15-11)9-5-3-4-7-12-9/h2-5,7-8H,1,6H2,(H,13,14). The number of anilines is 1. The Balaban J connectivity index is 2.17. The molecule has 0 aliphatic heterocycles. The van der Waals surface area contributed by atoms with Crippen molar-refractivity contribution in [1.82, 2.24) is 9.97 Å². The number of nitrogens with one attached hydrogen (secondary N) is 1. The van der Waals surface area contributed by atoms with Gasteiger partial charge in [-0.05, 0) is 12.1 Å². The van der Waals surface area contributed by atoms with E-state index >= 15 is 0 Å². The van der Waals surface area contributed by atoms with E-state index in [1.807, 2.05) is 29.7 Å². The van der Waals surface area contributed by atoms with Gasteiger partial charge in [-0.3, -0.25) is 4.98 Å². The Hall–Kier alpha value is -1.68. The third-order valence-electron chi connectivity index (χ3n) is 1.83. The van der Waals surface area contributed by atoms with Crippen molar-refractivity contribution in [2.24, 2.45) is 0 Å².